The monoisotopic (exact) mass is 330 g/mol. The van der Waals surface area contributed by atoms with E-state index in [2.05, 4.69) is 51.6 Å². The van der Waals surface area contributed by atoms with Gasteiger partial charge in [-0.3, -0.25) is 9.69 Å². The molecule has 0 aliphatic carbocycles. The number of hydrogen-bond acceptors (Lipinski definition) is 4. The number of benzene rings is 1. The Morgan fingerprint density at radius 2 is 2.04 bits per heavy atom. The van der Waals surface area contributed by atoms with Crippen molar-refractivity contribution in [3.63, 3.8) is 0 Å². The molecule has 6 heteroatoms. The number of nitrogens with one attached hydrogen (secondary N) is 1. The van der Waals surface area contributed by atoms with Crippen LogP contribution in [-0.4, -0.2) is 40.1 Å². The summed E-state index contributed by atoms with van der Waals surface area (Å²) in [4.78, 5) is 14.5. The quantitative estimate of drug-likeness (QED) is 0.934. The second kappa shape index (κ2) is 7.06. The first kappa shape index (κ1) is 15.9. The molecule has 1 unspecified atom stereocenters. The Balaban J connectivity index is 1.55. The molecule has 0 saturated carbocycles. The van der Waals surface area contributed by atoms with E-state index < -0.39 is 0 Å². The second-order valence-electron chi connectivity index (χ2n) is 5.79. The number of hydrogen-bond donors (Lipinski definition) is 1. The lowest BCUT2D eigenvalue weighted by atomic mass is 9.99. The Hall–Kier alpha value is -1.98. The highest BCUT2D eigenvalue weighted by atomic mass is 35.5. The zero-order valence-electron chi connectivity index (χ0n) is 13.0. The van der Waals surface area contributed by atoms with Gasteiger partial charge < -0.3 is 5.32 Å². The summed E-state index contributed by atoms with van der Waals surface area (Å²) in [6.07, 6.45) is 1.05. The minimum atomic E-state index is -0.224. The number of carbonyl (C=O) groups excluding carboxylic acids is 1. The molecule has 1 amide bonds. The van der Waals surface area contributed by atoms with Crippen LogP contribution >= 0.6 is 11.6 Å². The Kier molecular flexibility index (Phi) is 4.88. The van der Waals surface area contributed by atoms with E-state index in [9.17, 15) is 4.79 Å². The number of nitrogens with zero attached hydrogens (tertiary/aromatic N) is 3. The van der Waals surface area contributed by atoms with Gasteiger partial charge in [0.2, 0.25) is 0 Å². The van der Waals surface area contributed by atoms with Crippen LogP contribution in [0.25, 0.3) is 0 Å². The highest BCUT2D eigenvalue weighted by Gasteiger charge is 2.21. The summed E-state index contributed by atoms with van der Waals surface area (Å²) in [6.45, 7) is 4.63. The third-order valence-electron chi connectivity index (χ3n) is 4.21. The number of carbonyl (C=O) groups is 1. The topological polar surface area (TPSA) is 58.1 Å². The van der Waals surface area contributed by atoms with E-state index in [1.165, 1.54) is 11.1 Å². The van der Waals surface area contributed by atoms with Gasteiger partial charge in [0.25, 0.3) is 5.91 Å². The van der Waals surface area contributed by atoms with Crippen molar-refractivity contribution in [2.75, 3.05) is 13.1 Å². The number of fused-ring (bicyclic) bond motifs is 1. The van der Waals surface area contributed by atoms with Gasteiger partial charge in [0.05, 0.1) is 0 Å². The van der Waals surface area contributed by atoms with Gasteiger partial charge in [0, 0.05) is 25.7 Å². The standard InChI is InChI=1S/C17H19ClN4O/c1-12(10-19-17(23)15-6-7-16(18)21-20-15)22-9-8-13-4-2-3-5-14(13)11-22/h2-7,12H,8-11H2,1H3,(H,19,23). The highest BCUT2D eigenvalue weighted by molar-refractivity contribution is 6.29. The fraction of sp³-hybridized carbons (Fsp3) is 0.353. The maximum Gasteiger partial charge on any atom is 0.271 e. The fourth-order valence-electron chi connectivity index (χ4n) is 2.79. The normalized spacial score (nSPS) is 15.7. The summed E-state index contributed by atoms with van der Waals surface area (Å²) in [6, 6.07) is 11.9. The highest BCUT2D eigenvalue weighted by Crippen LogP contribution is 2.19. The molecule has 2 heterocycles. The first-order valence-electron chi connectivity index (χ1n) is 7.72. The van der Waals surface area contributed by atoms with E-state index in [-0.39, 0.29) is 22.8 Å². The van der Waals surface area contributed by atoms with Crippen molar-refractivity contribution in [2.24, 2.45) is 0 Å². The molecule has 1 atom stereocenters. The molecule has 120 valence electrons. The van der Waals surface area contributed by atoms with Gasteiger partial charge in [-0.1, -0.05) is 35.9 Å². The number of amides is 1. The molecule has 23 heavy (non-hydrogen) atoms. The van der Waals surface area contributed by atoms with Crippen LogP contribution in [0.15, 0.2) is 36.4 Å². The van der Waals surface area contributed by atoms with Crippen molar-refractivity contribution in [3.8, 4) is 0 Å². The predicted molar refractivity (Wildman–Crippen MR) is 89.4 cm³/mol. The SMILES string of the molecule is CC(CNC(=O)c1ccc(Cl)nn1)N1CCc2ccccc2C1. The van der Waals surface area contributed by atoms with Crippen LogP contribution in [0, 0.1) is 0 Å². The maximum absolute atomic E-state index is 12.1. The molecule has 1 aliphatic heterocycles. The Morgan fingerprint density at radius 1 is 1.26 bits per heavy atom. The fourth-order valence-corrected chi connectivity index (χ4v) is 2.89. The van der Waals surface area contributed by atoms with Crippen molar-refractivity contribution in [1.29, 1.82) is 0 Å². The van der Waals surface area contributed by atoms with Crippen LogP contribution in [0.1, 0.15) is 28.5 Å². The molecule has 0 fully saturated rings. The molecule has 2 aromatic rings. The van der Waals surface area contributed by atoms with Crippen molar-refractivity contribution in [1.82, 2.24) is 20.4 Å². The van der Waals surface area contributed by atoms with Crippen LogP contribution in [0.4, 0.5) is 0 Å². The molecule has 1 aromatic carbocycles. The van der Waals surface area contributed by atoms with Crippen LogP contribution in [0.2, 0.25) is 5.15 Å². The number of aromatic nitrogens is 2. The maximum atomic E-state index is 12.1. The third-order valence-corrected chi connectivity index (χ3v) is 4.41. The van der Waals surface area contributed by atoms with Gasteiger partial charge in [0.15, 0.2) is 10.8 Å². The van der Waals surface area contributed by atoms with E-state index in [0.717, 1.165) is 19.5 Å². The van der Waals surface area contributed by atoms with Crippen molar-refractivity contribution in [2.45, 2.75) is 25.9 Å². The van der Waals surface area contributed by atoms with Crippen molar-refractivity contribution >= 4 is 17.5 Å². The molecule has 0 radical (unpaired) electrons. The summed E-state index contributed by atoms with van der Waals surface area (Å²) in [5, 5.41) is 10.7. The van der Waals surface area contributed by atoms with Crippen molar-refractivity contribution < 1.29 is 4.79 Å². The van der Waals surface area contributed by atoms with E-state index in [1.54, 1.807) is 12.1 Å². The molecule has 5 nitrogen and oxygen atoms in total. The van der Waals surface area contributed by atoms with Gasteiger partial charge >= 0.3 is 0 Å². The number of rotatable bonds is 4. The van der Waals surface area contributed by atoms with E-state index in [4.69, 9.17) is 11.6 Å². The molecular formula is C17H19ClN4O. The minimum absolute atomic E-state index is 0.224. The third kappa shape index (κ3) is 3.86. The summed E-state index contributed by atoms with van der Waals surface area (Å²) in [7, 11) is 0. The zero-order valence-corrected chi connectivity index (χ0v) is 13.8. The van der Waals surface area contributed by atoms with Gasteiger partial charge in [-0.05, 0) is 36.6 Å². The Morgan fingerprint density at radius 3 is 2.78 bits per heavy atom. The van der Waals surface area contributed by atoms with E-state index >= 15 is 0 Å². The molecule has 1 N–H and O–H groups in total. The van der Waals surface area contributed by atoms with Crippen LogP contribution in [0.5, 0.6) is 0 Å². The molecule has 1 aromatic heterocycles. The summed E-state index contributed by atoms with van der Waals surface area (Å²) < 4.78 is 0. The summed E-state index contributed by atoms with van der Waals surface area (Å²) >= 11 is 5.67. The molecule has 0 saturated heterocycles. The Labute approximate surface area is 140 Å². The molecular weight excluding hydrogens is 312 g/mol. The second-order valence-corrected chi connectivity index (χ2v) is 6.18. The van der Waals surface area contributed by atoms with Gasteiger partial charge in [-0.2, -0.15) is 0 Å². The van der Waals surface area contributed by atoms with Gasteiger partial charge in [0.1, 0.15) is 0 Å². The minimum Gasteiger partial charge on any atom is -0.349 e. The average Bonchev–Trinajstić information content (AvgIpc) is 2.59. The van der Waals surface area contributed by atoms with Gasteiger partial charge in [-0.15, -0.1) is 10.2 Å². The summed E-state index contributed by atoms with van der Waals surface area (Å²) in [5.41, 5.74) is 3.09. The van der Waals surface area contributed by atoms with Crippen molar-refractivity contribution in [3.05, 3.63) is 58.4 Å². The van der Waals surface area contributed by atoms with E-state index in [1.807, 2.05) is 0 Å². The summed E-state index contributed by atoms with van der Waals surface area (Å²) in [5.74, 6) is -0.224. The lowest BCUT2D eigenvalue weighted by Crippen LogP contribution is -2.44. The predicted octanol–water partition coefficient (Wildman–Crippen LogP) is 2.31. The van der Waals surface area contributed by atoms with Gasteiger partial charge in [-0.25, -0.2) is 0 Å². The molecule has 1 aliphatic rings. The van der Waals surface area contributed by atoms with E-state index in [0.29, 0.717) is 6.54 Å². The Bertz CT molecular complexity index is 689. The average molecular weight is 331 g/mol. The molecule has 0 bridgehead atoms. The first-order valence-corrected chi connectivity index (χ1v) is 8.09. The lowest BCUT2D eigenvalue weighted by Gasteiger charge is -2.33. The largest absolute Gasteiger partial charge is 0.349 e. The molecule has 0 spiro atoms. The smallest absolute Gasteiger partial charge is 0.271 e. The lowest BCUT2D eigenvalue weighted by molar-refractivity contribution is 0.0926. The van der Waals surface area contributed by atoms with Crippen LogP contribution in [-0.2, 0) is 13.0 Å². The van der Waals surface area contributed by atoms with Crippen LogP contribution in [0.3, 0.4) is 0 Å². The first-order chi connectivity index (χ1) is 11.1. The zero-order chi connectivity index (χ0) is 16.2. The van der Waals surface area contributed by atoms with Crippen LogP contribution < -0.4 is 5.32 Å². The number of halogens is 1. The molecule has 3 rings (SSSR count).